The van der Waals surface area contributed by atoms with Gasteiger partial charge in [0.15, 0.2) is 0 Å². The van der Waals surface area contributed by atoms with E-state index >= 15 is 0 Å². The monoisotopic (exact) mass is 241 g/mol. The quantitative estimate of drug-likeness (QED) is 0.527. The lowest BCUT2D eigenvalue weighted by atomic mass is 10.00. The van der Waals surface area contributed by atoms with Crippen LogP contribution in [0.2, 0.25) is 0 Å². The standard InChI is InChI=1S/C13H23NO3/c1-3-10(13(15)16)5-7-14-9-11-6-8-17-12(11)4-2/h5,11-12,14H,3-4,6-9H2,1-2H3,(H,15,16)/b10-5-. The SMILES string of the molecule is CC/C(=C/CNCC1CCOC1CC)C(=O)O. The summed E-state index contributed by atoms with van der Waals surface area (Å²) in [5.41, 5.74) is 0.479. The lowest BCUT2D eigenvalue weighted by molar-refractivity contribution is -0.132. The Labute approximate surface area is 103 Å². The number of carbonyl (C=O) groups is 1. The average molecular weight is 241 g/mol. The lowest BCUT2D eigenvalue weighted by Gasteiger charge is -2.16. The molecule has 2 unspecified atom stereocenters. The molecule has 1 rings (SSSR count). The van der Waals surface area contributed by atoms with Crippen molar-refractivity contribution >= 4 is 5.97 Å². The Bertz CT molecular complexity index is 276. The summed E-state index contributed by atoms with van der Waals surface area (Å²) < 4.78 is 5.60. The first-order valence-electron chi connectivity index (χ1n) is 6.43. The van der Waals surface area contributed by atoms with Crippen molar-refractivity contribution in [3.05, 3.63) is 11.6 Å². The molecule has 0 aromatic heterocycles. The van der Waals surface area contributed by atoms with E-state index in [2.05, 4.69) is 12.2 Å². The van der Waals surface area contributed by atoms with Gasteiger partial charge < -0.3 is 15.2 Å². The number of carboxylic acid groups (broad SMARTS) is 1. The summed E-state index contributed by atoms with van der Waals surface area (Å²) in [6.45, 7) is 6.39. The molecule has 0 aromatic rings. The Morgan fingerprint density at radius 1 is 1.53 bits per heavy atom. The van der Waals surface area contributed by atoms with E-state index in [0.717, 1.165) is 26.0 Å². The molecule has 1 saturated heterocycles. The van der Waals surface area contributed by atoms with Crippen LogP contribution in [0.5, 0.6) is 0 Å². The van der Waals surface area contributed by atoms with Crippen molar-refractivity contribution in [3.8, 4) is 0 Å². The highest BCUT2D eigenvalue weighted by Gasteiger charge is 2.25. The number of aliphatic carboxylic acids is 1. The molecule has 0 amide bonds. The predicted molar refractivity (Wildman–Crippen MR) is 67.0 cm³/mol. The van der Waals surface area contributed by atoms with Crippen molar-refractivity contribution in [2.24, 2.45) is 5.92 Å². The zero-order chi connectivity index (χ0) is 12.7. The molecule has 17 heavy (non-hydrogen) atoms. The van der Waals surface area contributed by atoms with Gasteiger partial charge in [-0.2, -0.15) is 0 Å². The summed E-state index contributed by atoms with van der Waals surface area (Å²) in [5, 5.41) is 12.1. The van der Waals surface area contributed by atoms with Gasteiger partial charge in [-0.05, 0) is 25.2 Å². The van der Waals surface area contributed by atoms with E-state index in [9.17, 15) is 4.79 Å². The summed E-state index contributed by atoms with van der Waals surface area (Å²) in [7, 11) is 0. The van der Waals surface area contributed by atoms with Gasteiger partial charge in [0.25, 0.3) is 0 Å². The van der Waals surface area contributed by atoms with Gasteiger partial charge in [-0.25, -0.2) is 4.79 Å². The van der Waals surface area contributed by atoms with Crippen LogP contribution in [0.15, 0.2) is 11.6 Å². The third-order valence-corrected chi connectivity index (χ3v) is 3.30. The Morgan fingerprint density at radius 2 is 2.29 bits per heavy atom. The molecular formula is C13H23NO3. The highest BCUT2D eigenvalue weighted by molar-refractivity contribution is 5.86. The van der Waals surface area contributed by atoms with Crippen LogP contribution in [0.1, 0.15) is 33.1 Å². The summed E-state index contributed by atoms with van der Waals surface area (Å²) in [5.74, 6) is -0.242. The second-order valence-corrected chi connectivity index (χ2v) is 4.41. The molecule has 1 heterocycles. The number of rotatable bonds is 7. The zero-order valence-electron chi connectivity index (χ0n) is 10.7. The Kier molecular flexibility index (Phi) is 6.22. The maximum absolute atomic E-state index is 10.8. The molecule has 1 fully saturated rings. The number of ether oxygens (including phenoxy) is 1. The molecule has 1 aliphatic rings. The van der Waals surface area contributed by atoms with Crippen LogP contribution >= 0.6 is 0 Å². The average Bonchev–Trinajstić information content (AvgIpc) is 2.76. The van der Waals surface area contributed by atoms with Crippen molar-refractivity contribution in [2.75, 3.05) is 19.7 Å². The topological polar surface area (TPSA) is 58.6 Å². The van der Waals surface area contributed by atoms with Crippen LogP contribution in [0.3, 0.4) is 0 Å². The van der Waals surface area contributed by atoms with Crippen LogP contribution in [-0.4, -0.2) is 36.9 Å². The number of carboxylic acids is 1. The van der Waals surface area contributed by atoms with E-state index in [0.29, 0.717) is 30.6 Å². The van der Waals surface area contributed by atoms with Crippen molar-refractivity contribution in [3.63, 3.8) is 0 Å². The first-order valence-corrected chi connectivity index (χ1v) is 6.43. The summed E-state index contributed by atoms with van der Waals surface area (Å²) >= 11 is 0. The van der Waals surface area contributed by atoms with E-state index in [-0.39, 0.29) is 0 Å². The summed E-state index contributed by atoms with van der Waals surface area (Å²) in [6.07, 6.45) is 4.86. The number of hydrogen-bond acceptors (Lipinski definition) is 3. The molecule has 1 aliphatic heterocycles. The van der Waals surface area contributed by atoms with Crippen LogP contribution in [0.25, 0.3) is 0 Å². The molecule has 2 N–H and O–H groups in total. The van der Waals surface area contributed by atoms with Crippen molar-refractivity contribution in [2.45, 2.75) is 39.2 Å². The zero-order valence-corrected chi connectivity index (χ0v) is 10.7. The maximum atomic E-state index is 10.8. The molecule has 2 atom stereocenters. The highest BCUT2D eigenvalue weighted by Crippen LogP contribution is 2.22. The second-order valence-electron chi connectivity index (χ2n) is 4.41. The Hall–Kier alpha value is -0.870. The fourth-order valence-electron chi connectivity index (χ4n) is 2.22. The molecule has 0 radical (unpaired) electrons. The van der Waals surface area contributed by atoms with Crippen molar-refractivity contribution in [1.29, 1.82) is 0 Å². The molecule has 0 saturated carbocycles. The molecule has 0 aromatic carbocycles. The van der Waals surface area contributed by atoms with Gasteiger partial charge in [0.05, 0.1) is 6.10 Å². The minimum Gasteiger partial charge on any atom is -0.478 e. The Morgan fingerprint density at radius 3 is 2.88 bits per heavy atom. The van der Waals surface area contributed by atoms with Gasteiger partial charge in [0, 0.05) is 25.3 Å². The summed E-state index contributed by atoms with van der Waals surface area (Å²) in [4.78, 5) is 10.8. The minimum absolute atomic E-state index is 0.372. The normalized spacial score (nSPS) is 25.2. The first-order chi connectivity index (χ1) is 8.19. The van der Waals surface area contributed by atoms with Gasteiger partial charge in [-0.15, -0.1) is 0 Å². The smallest absolute Gasteiger partial charge is 0.331 e. The molecule has 0 spiro atoms. The van der Waals surface area contributed by atoms with E-state index in [1.165, 1.54) is 0 Å². The van der Waals surface area contributed by atoms with E-state index < -0.39 is 5.97 Å². The largest absolute Gasteiger partial charge is 0.478 e. The number of hydrogen-bond donors (Lipinski definition) is 2. The fraction of sp³-hybridized carbons (Fsp3) is 0.769. The predicted octanol–water partition coefficient (Wildman–Crippen LogP) is 1.81. The molecule has 98 valence electrons. The van der Waals surface area contributed by atoms with Gasteiger partial charge in [-0.3, -0.25) is 0 Å². The van der Waals surface area contributed by atoms with Crippen LogP contribution in [0, 0.1) is 5.92 Å². The third-order valence-electron chi connectivity index (χ3n) is 3.30. The van der Waals surface area contributed by atoms with Gasteiger partial charge in [0.1, 0.15) is 0 Å². The molecule has 0 bridgehead atoms. The number of nitrogens with one attached hydrogen (secondary N) is 1. The van der Waals surface area contributed by atoms with Crippen LogP contribution in [0.4, 0.5) is 0 Å². The first kappa shape index (κ1) is 14.2. The minimum atomic E-state index is -0.815. The fourth-order valence-corrected chi connectivity index (χ4v) is 2.22. The summed E-state index contributed by atoms with van der Waals surface area (Å²) in [6, 6.07) is 0. The second kappa shape index (κ2) is 7.45. The van der Waals surface area contributed by atoms with Crippen LogP contribution in [-0.2, 0) is 9.53 Å². The lowest BCUT2D eigenvalue weighted by Crippen LogP contribution is -2.28. The molecule has 0 aliphatic carbocycles. The van der Waals surface area contributed by atoms with Gasteiger partial charge in [0.2, 0.25) is 0 Å². The molecule has 4 nitrogen and oxygen atoms in total. The Balaban J connectivity index is 2.25. The maximum Gasteiger partial charge on any atom is 0.331 e. The van der Waals surface area contributed by atoms with Gasteiger partial charge >= 0.3 is 5.97 Å². The molecule has 4 heteroatoms. The molecular weight excluding hydrogens is 218 g/mol. The van der Waals surface area contributed by atoms with Crippen molar-refractivity contribution in [1.82, 2.24) is 5.32 Å². The van der Waals surface area contributed by atoms with E-state index in [1.54, 1.807) is 6.08 Å². The van der Waals surface area contributed by atoms with E-state index in [1.807, 2.05) is 6.92 Å². The van der Waals surface area contributed by atoms with Gasteiger partial charge in [-0.1, -0.05) is 19.9 Å². The van der Waals surface area contributed by atoms with Crippen LogP contribution < -0.4 is 5.32 Å². The van der Waals surface area contributed by atoms with Crippen molar-refractivity contribution < 1.29 is 14.6 Å². The highest BCUT2D eigenvalue weighted by atomic mass is 16.5. The van der Waals surface area contributed by atoms with E-state index in [4.69, 9.17) is 9.84 Å². The third kappa shape index (κ3) is 4.48.